The van der Waals surface area contributed by atoms with Crippen molar-refractivity contribution in [3.05, 3.63) is 57.0 Å². The van der Waals surface area contributed by atoms with Gasteiger partial charge < -0.3 is 25.1 Å². The van der Waals surface area contributed by atoms with Crippen LogP contribution in [-0.4, -0.2) is 57.2 Å². The van der Waals surface area contributed by atoms with E-state index in [1.54, 1.807) is 0 Å². The Labute approximate surface area is 233 Å². The van der Waals surface area contributed by atoms with Crippen LogP contribution in [0.4, 0.5) is 0 Å². The number of piperidine rings is 1. The zero-order valence-electron chi connectivity index (χ0n) is 22.5. The van der Waals surface area contributed by atoms with Crippen molar-refractivity contribution in [2.75, 3.05) is 19.7 Å². The van der Waals surface area contributed by atoms with Crippen molar-refractivity contribution < 1.29 is 14.6 Å². The number of hydrogen-bond acceptors (Lipinski definition) is 7. The lowest BCUT2D eigenvalue weighted by molar-refractivity contribution is 0.0694. The van der Waals surface area contributed by atoms with E-state index in [1.807, 2.05) is 22.7 Å². The van der Waals surface area contributed by atoms with Gasteiger partial charge in [-0.05, 0) is 49.7 Å². The van der Waals surface area contributed by atoms with Gasteiger partial charge >= 0.3 is 5.97 Å². The predicted molar refractivity (Wildman–Crippen MR) is 155 cm³/mol. The third-order valence-electron chi connectivity index (χ3n) is 8.40. The second-order valence-electron chi connectivity index (χ2n) is 11.4. The van der Waals surface area contributed by atoms with Gasteiger partial charge in [0.25, 0.3) is 0 Å². The molecule has 4 heterocycles. The van der Waals surface area contributed by atoms with Gasteiger partial charge in [-0.2, -0.15) is 0 Å². The van der Waals surface area contributed by atoms with Crippen molar-refractivity contribution in [2.24, 2.45) is 5.92 Å². The van der Waals surface area contributed by atoms with Crippen LogP contribution in [0.3, 0.4) is 0 Å². The highest BCUT2D eigenvalue weighted by Gasteiger charge is 2.34. The van der Waals surface area contributed by atoms with Crippen LogP contribution in [0.25, 0.3) is 16.8 Å². The third-order valence-corrected chi connectivity index (χ3v) is 9.83. The lowest BCUT2D eigenvalue weighted by atomic mass is 9.82. The minimum Gasteiger partial charge on any atom is -0.492 e. The topological polar surface area (TPSA) is 108 Å². The fraction of sp³-hybridized carbons (Fsp3) is 0.500. The predicted octanol–water partition coefficient (Wildman–Crippen LogP) is 4.76. The van der Waals surface area contributed by atoms with E-state index in [-0.39, 0.29) is 17.5 Å². The first-order valence-electron chi connectivity index (χ1n) is 14.0. The van der Waals surface area contributed by atoms with Crippen LogP contribution in [0, 0.1) is 11.3 Å². The van der Waals surface area contributed by atoms with Gasteiger partial charge in [0.1, 0.15) is 11.3 Å². The number of allylic oxidation sites excluding steroid dienone is 1. The molecule has 0 amide bonds. The molecular formula is C30H36N4O4S. The van der Waals surface area contributed by atoms with Crippen molar-refractivity contribution in [3.63, 3.8) is 0 Å². The molecule has 206 valence electrons. The Morgan fingerprint density at radius 3 is 2.64 bits per heavy atom. The van der Waals surface area contributed by atoms with Crippen LogP contribution >= 0.6 is 11.9 Å². The Morgan fingerprint density at radius 2 is 1.97 bits per heavy atom. The maximum atomic E-state index is 12.8. The lowest BCUT2D eigenvalue weighted by Gasteiger charge is -2.34. The first-order chi connectivity index (χ1) is 18.8. The zero-order valence-corrected chi connectivity index (χ0v) is 23.4. The number of hydrogen-bond donors (Lipinski definition) is 3. The van der Waals surface area contributed by atoms with E-state index < -0.39 is 11.4 Å². The van der Waals surface area contributed by atoms with Crippen LogP contribution in [0.15, 0.2) is 29.3 Å². The van der Waals surface area contributed by atoms with Gasteiger partial charge in [-0.15, -0.1) is 0 Å². The Balaban J connectivity index is 1.34. The number of aromatic nitrogens is 1. The lowest BCUT2D eigenvalue weighted by Crippen LogP contribution is -2.38. The first-order valence-corrected chi connectivity index (χ1v) is 14.9. The molecule has 39 heavy (non-hydrogen) atoms. The average Bonchev–Trinajstić information content (AvgIpc) is 3.59. The van der Waals surface area contributed by atoms with E-state index in [0.717, 1.165) is 76.9 Å². The molecule has 3 N–H and O–H groups in total. The summed E-state index contributed by atoms with van der Waals surface area (Å²) in [5.41, 5.74) is 4.92. The number of nitrogens with zero attached hydrogens (tertiary/aromatic N) is 2. The SMILES string of the molecule is CC(C)C1Cc2cc(/C(C=N)=C/NC3CCN(SC4CC4)CC3)c3c(c2-c2cc(=O)c(C(=O)O)cn21)CCO3. The number of pyridine rings is 1. The second kappa shape index (κ2) is 10.5. The molecule has 1 aromatic heterocycles. The molecule has 1 aliphatic carbocycles. The van der Waals surface area contributed by atoms with Crippen molar-refractivity contribution in [1.82, 2.24) is 14.2 Å². The minimum absolute atomic E-state index is 0.0173. The highest BCUT2D eigenvalue weighted by Crippen LogP contribution is 2.47. The average molecular weight is 549 g/mol. The summed E-state index contributed by atoms with van der Waals surface area (Å²) >= 11 is 2.03. The van der Waals surface area contributed by atoms with Crippen LogP contribution in [0.5, 0.6) is 5.75 Å². The largest absolute Gasteiger partial charge is 0.492 e. The van der Waals surface area contributed by atoms with Gasteiger partial charge in [0.2, 0.25) is 0 Å². The molecule has 9 heteroatoms. The molecule has 1 aromatic carbocycles. The summed E-state index contributed by atoms with van der Waals surface area (Å²) in [5.74, 6) is -0.198. The molecule has 1 atom stereocenters. The Hall–Kier alpha value is -3.04. The number of nitrogens with one attached hydrogen (secondary N) is 2. The number of carboxylic acids is 1. The molecular weight excluding hydrogens is 512 g/mol. The number of fused-ring (bicyclic) bond motifs is 5. The molecule has 0 bridgehead atoms. The number of aromatic carboxylic acids is 1. The maximum absolute atomic E-state index is 12.8. The Bertz CT molecular complexity index is 1400. The van der Waals surface area contributed by atoms with Crippen molar-refractivity contribution in [2.45, 2.75) is 69.7 Å². The van der Waals surface area contributed by atoms with Gasteiger partial charge in [0, 0.05) is 83.8 Å². The molecule has 2 aromatic rings. The van der Waals surface area contributed by atoms with Crippen LogP contribution in [0.1, 0.15) is 72.6 Å². The normalized spacial score (nSPS) is 21.2. The Morgan fingerprint density at radius 1 is 1.21 bits per heavy atom. The Kier molecular flexibility index (Phi) is 7.05. The summed E-state index contributed by atoms with van der Waals surface area (Å²) < 4.78 is 10.6. The molecule has 4 aliphatic rings. The summed E-state index contributed by atoms with van der Waals surface area (Å²) in [5, 5.41) is 22.3. The number of ether oxygens (including phenoxy) is 1. The number of carbonyl (C=O) groups is 1. The van der Waals surface area contributed by atoms with Crippen molar-refractivity contribution in [3.8, 4) is 17.0 Å². The number of rotatable bonds is 8. The van der Waals surface area contributed by atoms with E-state index in [9.17, 15) is 14.7 Å². The van der Waals surface area contributed by atoms with E-state index in [1.165, 1.54) is 31.3 Å². The fourth-order valence-electron chi connectivity index (χ4n) is 6.12. The highest BCUT2D eigenvalue weighted by atomic mass is 32.2. The first kappa shape index (κ1) is 26.2. The van der Waals surface area contributed by atoms with Crippen molar-refractivity contribution in [1.29, 1.82) is 5.41 Å². The van der Waals surface area contributed by atoms with E-state index in [0.29, 0.717) is 19.1 Å². The van der Waals surface area contributed by atoms with Crippen LogP contribution in [-0.2, 0) is 12.8 Å². The number of benzene rings is 1. The summed E-state index contributed by atoms with van der Waals surface area (Å²) in [4.78, 5) is 24.5. The maximum Gasteiger partial charge on any atom is 0.341 e. The monoisotopic (exact) mass is 548 g/mol. The van der Waals surface area contributed by atoms with E-state index >= 15 is 0 Å². The molecule has 3 aliphatic heterocycles. The fourth-order valence-corrected chi connectivity index (χ4v) is 7.31. The summed E-state index contributed by atoms with van der Waals surface area (Å²) in [6, 6.07) is 4.01. The van der Waals surface area contributed by atoms with Gasteiger partial charge in [0.05, 0.1) is 12.3 Å². The van der Waals surface area contributed by atoms with Gasteiger partial charge in [0.15, 0.2) is 5.43 Å². The molecule has 0 spiro atoms. The molecule has 0 radical (unpaired) electrons. The molecule has 6 rings (SSSR count). The molecule has 8 nitrogen and oxygen atoms in total. The molecule has 1 saturated heterocycles. The highest BCUT2D eigenvalue weighted by molar-refractivity contribution is 7.97. The van der Waals surface area contributed by atoms with Gasteiger partial charge in [-0.1, -0.05) is 25.8 Å². The quantitative estimate of drug-likeness (QED) is 0.323. The van der Waals surface area contributed by atoms with E-state index in [4.69, 9.17) is 10.1 Å². The smallest absolute Gasteiger partial charge is 0.341 e. The van der Waals surface area contributed by atoms with Gasteiger partial charge in [-0.3, -0.25) is 9.10 Å². The zero-order chi connectivity index (χ0) is 27.3. The minimum atomic E-state index is -1.20. The standard InChI is InChI=1S/C30H36N4O4S/c1-17(2)25-12-18-11-23(19(14-31)15-32-20-5-8-33(9-6-20)39-21-3-4-21)29-22(7-10-38-29)28(18)26-13-27(35)24(30(36)37)16-34(25)26/h11,13-17,20-21,25,31-32H,3-10,12H2,1-2H3,(H,36,37)/b19-15+,31-14?. The number of carboxylic acid groups (broad SMARTS) is 1. The molecule has 1 unspecified atom stereocenters. The van der Waals surface area contributed by atoms with Crippen molar-refractivity contribution >= 4 is 29.7 Å². The van der Waals surface area contributed by atoms with E-state index in [2.05, 4.69) is 29.5 Å². The molecule has 2 fully saturated rings. The van der Waals surface area contributed by atoms with Crippen LogP contribution < -0.4 is 15.5 Å². The second-order valence-corrected chi connectivity index (χ2v) is 12.8. The van der Waals surface area contributed by atoms with Gasteiger partial charge in [-0.25, -0.2) is 4.79 Å². The summed E-state index contributed by atoms with van der Waals surface area (Å²) in [7, 11) is 0. The summed E-state index contributed by atoms with van der Waals surface area (Å²) in [6.07, 6.45) is 11.2. The summed E-state index contributed by atoms with van der Waals surface area (Å²) in [6.45, 7) is 6.96. The molecule has 1 saturated carbocycles. The third kappa shape index (κ3) is 5.02. The van der Waals surface area contributed by atoms with Crippen LogP contribution in [0.2, 0.25) is 0 Å².